The number of hydrogen-bond acceptors (Lipinski definition) is 2. The Morgan fingerprint density at radius 1 is 0.950 bits per heavy atom. The van der Waals surface area contributed by atoms with Gasteiger partial charge in [0.05, 0.1) is 5.56 Å². The van der Waals surface area contributed by atoms with E-state index in [0.29, 0.717) is 23.1 Å². The number of nitrogens with two attached hydrogens (primary N) is 2. The third-order valence-electron chi connectivity index (χ3n) is 3.26. The highest BCUT2D eigenvalue weighted by Crippen LogP contribution is 2.28. The quantitative estimate of drug-likeness (QED) is 0.889. The van der Waals surface area contributed by atoms with Gasteiger partial charge in [0.2, 0.25) is 11.8 Å². The van der Waals surface area contributed by atoms with E-state index < -0.39 is 11.8 Å². The maximum absolute atomic E-state index is 11.8. The van der Waals surface area contributed by atoms with Gasteiger partial charge >= 0.3 is 0 Å². The molecule has 0 saturated heterocycles. The number of hydrogen-bond donors (Lipinski definition) is 2. The lowest BCUT2D eigenvalue weighted by molar-refractivity contribution is 0.0999. The zero-order chi connectivity index (χ0) is 14.7. The van der Waals surface area contributed by atoms with Crippen LogP contribution in [-0.4, -0.2) is 11.8 Å². The first-order valence-corrected chi connectivity index (χ1v) is 6.37. The number of amides is 2. The predicted octanol–water partition coefficient (Wildman–Crippen LogP) is 2.11. The van der Waals surface area contributed by atoms with Crippen molar-refractivity contribution < 1.29 is 9.59 Å². The minimum absolute atomic E-state index is 0.348. The lowest BCUT2D eigenvalue weighted by atomic mass is 9.90. The van der Waals surface area contributed by atoms with Gasteiger partial charge in [0.1, 0.15) is 0 Å². The summed E-state index contributed by atoms with van der Waals surface area (Å²) in [4.78, 5) is 23.3. The highest BCUT2D eigenvalue weighted by Gasteiger charge is 2.19. The Morgan fingerprint density at radius 2 is 1.60 bits per heavy atom. The largest absolute Gasteiger partial charge is 0.366 e. The molecule has 2 aromatic carbocycles. The fourth-order valence-corrected chi connectivity index (χ4v) is 2.39. The molecule has 0 aliphatic rings. The standard InChI is InChI=1S/C16H16N2O2/c1-2-11-13(15(17)19)9-8-12(14(11)16(18)20)10-6-4-3-5-7-10/h3-9H,2H2,1H3,(H2,17,19)(H2,18,20). The van der Waals surface area contributed by atoms with Gasteiger partial charge in [-0.2, -0.15) is 0 Å². The summed E-state index contributed by atoms with van der Waals surface area (Å²) in [5.41, 5.74) is 13.8. The van der Waals surface area contributed by atoms with Crippen molar-refractivity contribution in [2.24, 2.45) is 11.5 Å². The van der Waals surface area contributed by atoms with E-state index in [2.05, 4.69) is 0 Å². The van der Waals surface area contributed by atoms with Crippen molar-refractivity contribution in [3.8, 4) is 11.1 Å². The van der Waals surface area contributed by atoms with E-state index in [4.69, 9.17) is 11.5 Å². The molecule has 2 amide bonds. The van der Waals surface area contributed by atoms with E-state index >= 15 is 0 Å². The second-order valence-electron chi connectivity index (χ2n) is 4.46. The first kappa shape index (κ1) is 13.8. The predicted molar refractivity (Wildman–Crippen MR) is 78.3 cm³/mol. The molecule has 0 bridgehead atoms. The average Bonchev–Trinajstić information content (AvgIpc) is 2.46. The van der Waals surface area contributed by atoms with Gasteiger partial charge in [-0.05, 0) is 29.2 Å². The molecule has 0 unspecified atom stereocenters. The summed E-state index contributed by atoms with van der Waals surface area (Å²) < 4.78 is 0. The van der Waals surface area contributed by atoms with Gasteiger partial charge < -0.3 is 11.5 Å². The molecule has 0 fully saturated rings. The van der Waals surface area contributed by atoms with Gasteiger partial charge in [0.25, 0.3) is 0 Å². The molecule has 0 saturated carbocycles. The summed E-state index contributed by atoms with van der Waals surface area (Å²) in [5, 5.41) is 0. The second-order valence-corrected chi connectivity index (χ2v) is 4.46. The molecule has 0 spiro atoms. The van der Waals surface area contributed by atoms with Crippen LogP contribution < -0.4 is 11.5 Å². The molecule has 4 N–H and O–H groups in total. The van der Waals surface area contributed by atoms with E-state index in [1.54, 1.807) is 12.1 Å². The number of primary amides is 2. The first-order valence-electron chi connectivity index (χ1n) is 6.37. The van der Waals surface area contributed by atoms with Crippen LogP contribution in [0.1, 0.15) is 33.2 Å². The van der Waals surface area contributed by atoms with Gasteiger partial charge in [-0.3, -0.25) is 9.59 Å². The average molecular weight is 268 g/mol. The Balaban J connectivity index is 2.77. The van der Waals surface area contributed by atoms with Crippen LogP contribution in [-0.2, 0) is 6.42 Å². The maximum atomic E-state index is 11.8. The van der Waals surface area contributed by atoms with Gasteiger partial charge in [-0.1, -0.05) is 43.3 Å². The van der Waals surface area contributed by atoms with Crippen molar-refractivity contribution >= 4 is 11.8 Å². The summed E-state index contributed by atoms with van der Waals surface area (Å²) in [6.07, 6.45) is 0.511. The topological polar surface area (TPSA) is 86.2 Å². The third kappa shape index (κ3) is 2.40. The van der Waals surface area contributed by atoms with Crippen LogP contribution in [0.5, 0.6) is 0 Å². The molecule has 0 aliphatic heterocycles. The fraction of sp³-hybridized carbons (Fsp3) is 0.125. The molecule has 0 aliphatic carbocycles. The normalized spacial score (nSPS) is 10.2. The molecular formula is C16H16N2O2. The van der Waals surface area contributed by atoms with E-state index in [-0.39, 0.29) is 0 Å². The van der Waals surface area contributed by atoms with E-state index in [9.17, 15) is 9.59 Å². The fourth-order valence-electron chi connectivity index (χ4n) is 2.39. The Bertz CT molecular complexity index is 664. The number of carbonyl (C=O) groups excluding carboxylic acids is 2. The minimum Gasteiger partial charge on any atom is -0.366 e. The van der Waals surface area contributed by atoms with Crippen LogP contribution in [0.3, 0.4) is 0 Å². The molecule has 2 rings (SSSR count). The van der Waals surface area contributed by atoms with Crippen LogP contribution in [0.25, 0.3) is 11.1 Å². The lowest BCUT2D eigenvalue weighted by Crippen LogP contribution is -2.20. The van der Waals surface area contributed by atoms with Crippen molar-refractivity contribution in [3.05, 3.63) is 59.2 Å². The zero-order valence-electron chi connectivity index (χ0n) is 11.2. The molecule has 0 atom stereocenters. The Hall–Kier alpha value is -2.62. The SMILES string of the molecule is CCc1c(C(N)=O)ccc(-c2ccccc2)c1C(N)=O. The van der Waals surface area contributed by atoms with Crippen molar-refractivity contribution in [2.75, 3.05) is 0 Å². The highest BCUT2D eigenvalue weighted by molar-refractivity contribution is 6.05. The van der Waals surface area contributed by atoms with Gasteiger partial charge in [0.15, 0.2) is 0 Å². The summed E-state index contributed by atoms with van der Waals surface area (Å²) in [6, 6.07) is 12.8. The molecular weight excluding hydrogens is 252 g/mol. The van der Waals surface area contributed by atoms with Gasteiger partial charge in [-0.25, -0.2) is 0 Å². The number of carbonyl (C=O) groups is 2. The Labute approximate surface area is 117 Å². The monoisotopic (exact) mass is 268 g/mol. The second kappa shape index (κ2) is 5.57. The molecule has 0 radical (unpaired) electrons. The van der Waals surface area contributed by atoms with Crippen LogP contribution in [0.4, 0.5) is 0 Å². The number of rotatable bonds is 4. The summed E-state index contributed by atoms with van der Waals surface area (Å²) in [5.74, 6) is -1.10. The number of benzene rings is 2. The van der Waals surface area contributed by atoms with Crippen LogP contribution >= 0.6 is 0 Å². The summed E-state index contributed by atoms with van der Waals surface area (Å²) >= 11 is 0. The third-order valence-corrected chi connectivity index (χ3v) is 3.26. The maximum Gasteiger partial charge on any atom is 0.249 e. The zero-order valence-corrected chi connectivity index (χ0v) is 11.2. The summed E-state index contributed by atoms with van der Waals surface area (Å²) in [6.45, 7) is 1.86. The molecule has 4 nitrogen and oxygen atoms in total. The van der Waals surface area contributed by atoms with Crippen molar-refractivity contribution in [1.29, 1.82) is 0 Å². The van der Waals surface area contributed by atoms with E-state index in [0.717, 1.165) is 11.1 Å². The molecule has 0 aromatic heterocycles. The van der Waals surface area contributed by atoms with Gasteiger partial charge in [-0.15, -0.1) is 0 Å². The van der Waals surface area contributed by atoms with E-state index in [1.165, 1.54) is 0 Å². The first-order chi connectivity index (χ1) is 9.56. The molecule has 2 aromatic rings. The highest BCUT2D eigenvalue weighted by atomic mass is 16.1. The van der Waals surface area contributed by atoms with Crippen LogP contribution in [0.2, 0.25) is 0 Å². The van der Waals surface area contributed by atoms with Crippen LogP contribution in [0.15, 0.2) is 42.5 Å². The molecule has 4 heteroatoms. The van der Waals surface area contributed by atoms with Gasteiger partial charge in [0, 0.05) is 5.56 Å². The van der Waals surface area contributed by atoms with Crippen LogP contribution in [0, 0.1) is 0 Å². The minimum atomic E-state index is -0.552. The lowest BCUT2D eigenvalue weighted by Gasteiger charge is -2.14. The molecule has 0 heterocycles. The summed E-state index contributed by atoms with van der Waals surface area (Å²) in [7, 11) is 0. The molecule has 20 heavy (non-hydrogen) atoms. The van der Waals surface area contributed by atoms with Crippen molar-refractivity contribution in [1.82, 2.24) is 0 Å². The van der Waals surface area contributed by atoms with Crippen molar-refractivity contribution in [2.45, 2.75) is 13.3 Å². The molecule has 102 valence electrons. The smallest absolute Gasteiger partial charge is 0.249 e. The van der Waals surface area contributed by atoms with E-state index in [1.807, 2.05) is 37.3 Å². The Morgan fingerprint density at radius 3 is 2.10 bits per heavy atom. The Kier molecular flexibility index (Phi) is 3.84. The van der Waals surface area contributed by atoms with Crippen molar-refractivity contribution in [3.63, 3.8) is 0 Å².